The molecule has 0 saturated carbocycles. The van der Waals surface area contributed by atoms with E-state index in [9.17, 15) is 0 Å². The summed E-state index contributed by atoms with van der Waals surface area (Å²) in [6.45, 7) is 10.6. The Morgan fingerprint density at radius 3 is 2.71 bits per heavy atom. The lowest BCUT2D eigenvalue weighted by molar-refractivity contribution is 0.186. The Labute approximate surface area is 170 Å². The van der Waals surface area contributed by atoms with Gasteiger partial charge in [0.25, 0.3) is 0 Å². The van der Waals surface area contributed by atoms with Gasteiger partial charge in [0.1, 0.15) is 0 Å². The average Bonchev–Trinajstić information content (AvgIpc) is 2.74. The highest BCUT2D eigenvalue weighted by Crippen LogP contribution is 2.27. The molecule has 0 aliphatic carbocycles. The van der Waals surface area contributed by atoms with Gasteiger partial charge in [-0.15, -0.1) is 0 Å². The van der Waals surface area contributed by atoms with Crippen LogP contribution in [0.3, 0.4) is 0 Å². The average molecular weight is 391 g/mol. The van der Waals surface area contributed by atoms with Gasteiger partial charge in [0.15, 0.2) is 17.5 Å². The summed E-state index contributed by atoms with van der Waals surface area (Å²) >= 11 is 0. The zero-order valence-corrected chi connectivity index (χ0v) is 18.3. The van der Waals surface area contributed by atoms with Crippen molar-refractivity contribution in [3.05, 3.63) is 23.8 Å². The van der Waals surface area contributed by atoms with Crippen molar-refractivity contribution in [2.75, 3.05) is 60.5 Å². The maximum Gasteiger partial charge on any atom is 0.193 e. The van der Waals surface area contributed by atoms with E-state index in [4.69, 9.17) is 14.5 Å². The fourth-order valence-corrected chi connectivity index (χ4v) is 3.71. The molecule has 6 heteroatoms. The number of aliphatic imine (C=N–C) groups is 1. The zero-order valence-electron chi connectivity index (χ0n) is 18.3. The zero-order chi connectivity index (χ0) is 20.4. The molecule has 1 heterocycles. The number of guanidine groups is 1. The van der Waals surface area contributed by atoms with Crippen LogP contribution >= 0.6 is 0 Å². The SMILES string of the molecule is CCNC(=NCC1CCCN(CC)C1)N(C)CCc1ccc(OC)c(OC)c1. The highest BCUT2D eigenvalue weighted by molar-refractivity contribution is 5.79. The summed E-state index contributed by atoms with van der Waals surface area (Å²) in [7, 11) is 5.45. The molecule has 2 rings (SSSR count). The van der Waals surface area contributed by atoms with Crippen molar-refractivity contribution in [1.82, 2.24) is 15.1 Å². The van der Waals surface area contributed by atoms with E-state index < -0.39 is 0 Å². The van der Waals surface area contributed by atoms with Crippen LogP contribution in [0.5, 0.6) is 11.5 Å². The first kappa shape index (κ1) is 22.3. The Morgan fingerprint density at radius 1 is 1.25 bits per heavy atom. The number of ether oxygens (including phenoxy) is 2. The highest BCUT2D eigenvalue weighted by Gasteiger charge is 2.18. The molecule has 0 spiro atoms. The lowest BCUT2D eigenvalue weighted by atomic mass is 9.98. The summed E-state index contributed by atoms with van der Waals surface area (Å²) in [6, 6.07) is 6.12. The van der Waals surface area contributed by atoms with Crippen molar-refractivity contribution in [3.63, 3.8) is 0 Å². The number of likely N-dealkylation sites (N-methyl/N-ethyl adjacent to an activating group) is 1. The van der Waals surface area contributed by atoms with Gasteiger partial charge in [-0.25, -0.2) is 0 Å². The molecule has 1 saturated heterocycles. The summed E-state index contributed by atoms with van der Waals surface area (Å²) in [6.07, 6.45) is 3.50. The Balaban J connectivity index is 1.93. The summed E-state index contributed by atoms with van der Waals surface area (Å²) < 4.78 is 10.7. The Morgan fingerprint density at radius 2 is 2.04 bits per heavy atom. The first-order chi connectivity index (χ1) is 13.6. The Bertz CT molecular complexity index is 621. The molecule has 1 fully saturated rings. The van der Waals surface area contributed by atoms with E-state index in [0.717, 1.165) is 50.1 Å². The fourth-order valence-electron chi connectivity index (χ4n) is 3.71. The number of methoxy groups -OCH3 is 2. The van der Waals surface area contributed by atoms with Crippen molar-refractivity contribution >= 4 is 5.96 Å². The predicted molar refractivity (Wildman–Crippen MR) is 117 cm³/mol. The van der Waals surface area contributed by atoms with E-state index in [0.29, 0.717) is 5.92 Å². The molecule has 6 nitrogen and oxygen atoms in total. The molecular weight excluding hydrogens is 352 g/mol. The number of hydrogen-bond donors (Lipinski definition) is 1. The number of hydrogen-bond acceptors (Lipinski definition) is 4. The van der Waals surface area contributed by atoms with E-state index in [1.807, 2.05) is 6.07 Å². The second-order valence-electron chi connectivity index (χ2n) is 7.46. The van der Waals surface area contributed by atoms with E-state index >= 15 is 0 Å². The second-order valence-corrected chi connectivity index (χ2v) is 7.46. The van der Waals surface area contributed by atoms with Crippen molar-refractivity contribution in [3.8, 4) is 11.5 Å². The van der Waals surface area contributed by atoms with Crippen LogP contribution in [0.1, 0.15) is 32.3 Å². The molecule has 0 bridgehead atoms. The molecule has 0 amide bonds. The van der Waals surface area contributed by atoms with Gasteiger partial charge in [0.2, 0.25) is 0 Å². The minimum Gasteiger partial charge on any atom is -0.493 e. The number of rotatable bonds is 9. The summed E-state index contributed by atoms with van der Waals surface area (Å²) in [4.78, 5) is 9.70. The molecular formula is C22H38N4O2. The minimum atomic E-state index is 0.668. The first-order valence-corrected chi connectivity index (χ1v) is 10.5. The predicted octanol–water partition coefficient (Wildman–Crippen LogP) is 2.88. The van der Waals surface area contributed by atoms with Gasteiger partial charge in [-0.05, 0) is 62.9 Å². The number of piperidine rings is 1. The third-order valence-electron chi connectivity index (χ3n) is 5.43. The standard InChI is InChI=1S/C22H38N4O2/c1-6-23-22(24-16-19-9-8-13-26(7-2)17-19)25(3)14-12-18-10-11-20(27-4)21(15-18)28-5/h10-11,15,19H,6-9,12-14,16-17H2,1-5H3,(H,23,24). The van der Waals surface area contributed by atoms with Crippen molar-refractivity contribution in [2.45, 2.75) is 33.1 Å². The van der Waals surface area contributed by atoms with Gasteiger partial charge >= 0.3 is 0 Å². The van der Waals surface area contributed by atoms with Crippen LogP contribution in [-0.4, -0.2) is 76.3 Å². The molecule has 158 valence electrons. The molecule has 1 aromatic carbocycles. The normalized spacial score (nSPS) is 18.0. The molecule has 28 heavy (non-hydrogen) atoms. The van der Waals surface area contributed by atoms with Crippen molar-refractivity contribution in [2.24, 2.45) is 10.9 Å². The summed E-state index contributed by atoms with van der Waals surface area (Å²) in [5, 5.41) is 3.44. The van der Waals surface area contributed by atoms with E-state index in [1.165, 1.54) is 31.5 Å². The van der Waals surface area contributed by atoms with Gasteiger partial charge in [-0.2, -0.15) is 0 Å². The number of likely N-dealkylation sites (tertiary alicyclic amines) is 1. The van der Waals surface area contributed by atoms with Gasteiger partial charge < -0.3 is 24.6 Å². The molecule has 1 aliphatic heterocycles. The van der Waals surface area contributed by atoms with Crippen LogP contribution in [0, 0.1) is 5.92 Å². The van der Waals surface area contributed by atoms with Crippen LogP contribution in [0.2, 0.25) is 0 Å². The molecule has 1 N–H and O–H groups in total. The first-order valence-electron chi connectivity index (χ1n) is 10.5. The third-order valence-corrected chi connectivity index (χ3v) is 5.43. The molecule has 1 aromatic rings. The Hall–Kier alpha value is -1.95. The van der Waals surface area contributed by atoms with Gasteiger partial charge in [-0.1, -0.05) is 13.0 Å². The largest absolute Gasteiger partial charge is 0.493 e. The minimum absolute atomic E-state index is 0.668. The second kappa shape index (κ2) is 11.8. The molecule has 1 atom stereocenters. The molecule has 0 aromatic heterocycles. The maximum atomic E-state index is 5.41. The molecule has 1 aliphatic rings. The van der Waals surface area contributed by atoms with Gasteiger partial charge in [0.05, 0.1) is 14.2 Å². The smallest absolute Gasteiger partial charge is 0.193 e. The van der Waals surface area contributed by atoms with E-state index in [-0.39, 0.29) is 0 Å². The van der Waals surface area contributed by atoms with Gasteiger partial charge in [0, 0.05) is 33.2 Å². The summed E-state index contributed by atoms with van der Waals surface area (Å²) in [5.74, 6) is 3.21. The molecule has 0 radical (unpaired) electrons. The lowest BCUT2D eigenvalue weighted by Crippen LogP contribution is -2.41. The number of nitrogens with one attached hydrogen (secondary N) is 1. The highest BCUT2D eigenvalue weighted by atomic mass is 16.5. The fraction of sp³-hybridized carbons (Fsp3) is 0.682. The van der Waals surface area contributed by atoms with E-state index in [1.54, 1.807) is 14.2 Å². The maximum absolute atomic E-state index is 5.41. The van der Waals surface area contributed by atoms with E-state index in [2.05, 4.69) is 48.1 Å². The third kappa shape index (κ3) is 6.59. The van der Waals surface area contributed by atoms with Crippen LogP contribution < -0.4 is 14.8 Å². The Kier molecular flexibility index (Phi) is 9.41. The van der Waals surface area contributed by atoms with Crippen LogP contribution in [0.4, 0.5) is 0 Å². The topological polar surface area (TPSA) is 49.3 Å². The number of nitrogens with zero attached hydrogens (tertiary/aromatic N) is 3. The summed E-state index contributed by atoms with van der Waals surface area (Å²) in [5.41, 5.74) is 1.23. The van der Waals surface area contributed by atoms with Crippen molar-refractivity contribution in [1.29, 1.82) is 0 Å². The number of benzene rings is 1. The van der Waals surface area contributed by atoms with Crippen molar-refractivity contribution < 1.29 is 9.47 Å². The lowest BCUT2D eigenvalue weighted by Gasteiger charge is -2.31. The van der Waals surface area contributed by atoms with Crippen LogP contribution in [0.25, 0.3) is 0 Å². The monoisotopic (exact) mass is 390 g/mol. The van der Waals surface area contributed by atoms with Crippen LogP contribution in [-0.2, 0) is 6.42 Å². The van der Waals surface area contributed by atoms with Gasteiger partial charge in [-0.3, -0.25) is 4.99 Å². The van der Waals surface area contributed by atoms with Crippen LogP contribution in [0.15, 0.2) is 23.2 Å². The molecule has 1 unspecified atom stereocenters. The quantitative estimate of drug-likeness (QED) is 0.519.